The van der Waals surface area contributed by atoms with Gasteiger partial charge in [-0.15, -0.1) is 0 Å². The second kappa shape index (κ2) is 7.07. The predicted octanol–water partition coefficient (Wildman–Crippen LogP) is 1.36. The lowest BCUT2D eigenvalue weighted by molar-refractivity contribution is -0.153. The normalized spacial score (nSPS) is 30.6. The monoisotopic (exact) mass is 294 g/mol. The van der Waals surface area contributed by atoms with Crippen molar-refractivity contribution < 1.29 is 14.7 Å². The largest absolute Gasteiger partial charge is 0.481 e. The summed E-state index contributed by atoms with van der Waals surface area (Å²) in [5, 5.41) is 12.4. The molecule has 2 N–H and O–H groups in total. The lowest BCUT2D eigenvalue weighted by Crippen LogP contribution is -2.49. The van der Waals surface area contributed by atoms with Crippen molar-refractivity contribution in [2.75, 3.05) is 26.2 Å². The van der Waals surface area contributed by atoms with Crippen LogP contribution in [0.25, 0.3) is 0 Å². The molecule has 5 nitrogen and oxygen atoms in total. The number of aliphatic carboxylic acids is 1. The van der Waals surface area contributed by atoms with E-state index in [0.29, 0.717) is 6.54 Å². The van der Waals surface area contributed by atoms with E-state index >= 15 is 0 Å². The number of carboxylic acids is 1. The van der Waals surface area contributed by atoms with E-state index in [9.17, 15) is 14.7 Å². The molecule has 5 heteroatoms. The summed E-state index contributed by atoms with van der Waals surface area (Å²) in [5.41, 5.74) is 0. The first-order valence-corrected chi connectivity index (χ1v) is 7.99. The van der Waals surface area contributed by atoms with Crippen molar-refractivity contribution in [1.29, 1.82) is 0 Å². The van der Waals surface area contributed by atoms with E-state index in [2.05, 4.69) is 24.1 Å². The first kappa shape index (κ1) is 16.0. The number of amides is 1. The van der Waals surface area contributed by atoms with E-state index in [-0.39, 0.29) is 17.7 Å². The van der Waals surface area contributed by atoms with Gasteiger partial charge in [0.2, 0.25) is 5.91 Å². The van der Waals surface area contributed by atoms with Gasteiger partial charge in [0.25, 0.3) is 0 Å². The minimum atomic E-state index is -0.835. The Bertz CT molecular complexity index is 418. The van der Waals surface area contributed by atoms with Gasteiger partial charge >= 0.3 is 5.97 Å². The number of nitrogens with zero attached hydrogens (tertiary/aromatic N) is 1. The molecule has 1 fully saturated rings. The van der Waals surface area contributed by atoms with Crippen molar-refractivity contribution in [3.05, 3.63) is 12.2 Å². The minimum Gasteiger partial charge on any atom is -0.481 e. The van der Waals surface area contributed by atoms with Crippen molar-refractivity contribution >= 4 is 11.9 Å². The molecule has 1 saturated carbocycles. The van der Waals surface area contributed by atoms with Gasteiger partial charge in [0, 0.05) is 13.1 Å². The minimum absolute atomic E-state index is 0.0195. The van der Waals surface area contributed by atoms with Crippen molar-refractivity contribution in [2.24, 2.45) is 23.7 Å². The van der Waals surface area contributed by atoms with Crippen molar-refractivity contribution in [3.8, 4) is 0 Å². The summed E-state index contributed by atoms with van der Waals surface area (Å²) < 4.78 is 0. The number of hydrogen-bond donors (Lipinski definition) is 2. The summed E-state index contributed by atoms with van der Waals surface area (Å²) >= 11 is 0. The maximum atomic E-state index is 12.4. The second-order valence-electron chi connectivity index (χ2n) is 6.00. The van der Waals surface area contributed by atoms with Crippen LogP contribution >= 0.6 is 0 Å². The fourth-order valence-electron chi connectivity index (χ4n) is 3.68. The fraction of sp³-hybridized carbons (Fsp3) is 0.750. The van der Waals surface area contributed by atoms with Gasteiger partial charge in [-0.3, -0.25) is 9.59 Å². The number of carboxylic acid groups (broad SMARTS) is 1. The molecule has 3 rings (SSSR count). The summed E-state index contributed by atoms with van der Waals surface area (Å²) in [6.07, 6.45) is 5.86. The Morgan fingerprint density at radius 2 is 1.71 bits per heavy atom. The van der Waals surface area contributed by atoms with E-state index in [1.807, 2.05) is 12.2 Å². The highest BCUT2D eigenvalue weighted by molar-refractivity contribution is 5.86. The summed E-state index contributed by atoms with van der Waals surface area (Å²) in [5.74, 6) is -1.77. The number of likely N-dealkylation sites (N-methyl/N-ethyl adjacent to an activating group) is 1. The smallest absolute Gasteiger partial charge is 0.307 e. The Balaban J connectivity index is 1.94. The van der Waals surface area contributed by atoms with Crippen LogP contribution in [-0.4, -0.2) is 48.1 Å². The number of fused-ring (bicyclic) bond motifs is 2. The maximum Gasteiger partial charge on any atom is 0.307 e. The first-order valence-electron chi connectivity index (χ1n) is 7.99. The van der Waals surface area contributed by atoms with Crippen LogP contribution in [0.1, 0.15) is 26.7 Å². The van der Waals surface area contributed by atoms with Gasteiger partial charge in [0.15, 0.2) is 0 Å². The fourth-order valence-corrected chi connectivity index (χ4v) is 3.68. The molecule has 4 unspecified atom stereocenters. The average molecular weight is 294 g/mol. The van der Waals surface area contributed by atoms with Gasteiger partial charge in [-0.1, -0.05) is 26.0 Å². The molecule has 118 valence electrons. The van der Waals surface area contributed by atoms with Crippen LogP contribution < -0.4 is 5.32 Å². The quantitative estimate of drug-likeness (QED) is 0.696. The van der Waals surface area contributed by atoms with Crippen LogP contribution in [0, 0.1) is 23.7 Å². The topological polar surface area (TPSA) is 69.6 Å². The SMILES string of the molecule is CCN(CC)CCNC(=O)C1C2C=CC(CC2)C1C(=O)O. The van der Waals surface area contributed by atoms with E-state index < -0.39 is 17.8 Å². The molecule has 0 aromatic heterocycles. The summed E-state index contributed by atoms with van der Waals surface area (Å²) in [7, 11) is 0. The molecule has 3 aliphatic rings. The van der Waals surface area contributed by atoms with Crippen molar-refractivity contribution in [3.63, 3.8) is 0 Å². The molecule has 21 heavy (non-hydrogen) atoms. The lowest BCUT2D eigenvalue weighted by Gasteiger charge is -2.41. The van der Waals surface area contributed by atoms with Crippen LogP contribution in [0.4, 0.5) is 0 Å². The molecule has 1 amide bonds. The van der Waals surface area contributed by atoms with Crippen molar-refractivity contribution in [2.45, 2.75) is 26.7 Å². The van der Waals surface area contributed by atoms with E-state index in [1.54, 1.807) is 0 Å². The highest BCUT2D eigenvalue weighted by Gasteiger charge is 2.47. The molecule has 3 aliphatic carbocycles. The third-order valence-corrected chi connectivity index (χ3v) is 4.96. The molecule has 4 atom stereocenters. The maximum absolute atomic E-state index is 12.4. The number of allylic oxidation sites excluding steroid dienone is 2. The van der Waals surface area contributed by atoms with Crippen LogP contribution in [0.2, 0.25) is 0 Å². The summed E-state index contributed by atoms with van der Waals surface area (Å²) in [4.78, 5) is 26.2. The number of carbonyl (C=O) groups is 2. The van der Waals surface area contributed by atoms with E-state index in [0.717, 1.165) is 32.5 Å². The zero-order chi connectivity index (χ0) is 15.4. The Hall–Kier alpha value is -1.36. The number of nitrogens with one attached hydrogen (secondary N) is 1. The molecule has 0 aromatic rings. The van der Waals surface area contributed by atoms with Crippen LogP contribution in [0.5, 0.6) is 0 Å². The number of carbonyl (C=O) groups excluding carboxylic acids is 1. The van der Waals surface area contributed by atoms with Gasteiger partial charge in [-0.05, 0) is 37.8 Å². The van der Waals surface area contributed by atoms with E-state index in [1.165, 1.54) is 0 Å². The Labute approximate surface area is 126 Å². The first-order chi connectivity index (χ1) is 10.1. The zero-order valence-electron chi connectivity index (χ0n) is 12.9. The van der Waals surface area contributed by atoms with Gasteiger partial charge in [0.1, 0.15) is 0 Å². The Morgan fingerprint density at radius 3 is 2.19 bits per heavy atom. The third kappa shape index (κ3) is 3.46. The van der Waals surface area contributed by atoms with E-state index in [4.69, 9.17) is 0 Å². The van der Waals surface area contributed by atoms with Gasteiger partial charge in [-0.25, -0.2) is 0 Å². The lowest BCUT2D eigenvalue weighted by atomic mass is 9.62. The predicted molar refractivity (Wildman–Crippen MR) is 80.8 cm³/mol. The summed E-state index contributed by atoms with van der Waals surface area (Å²) in [6, 6.07) is 0. The van der Waals surface area contributed by atoms with Gasteiger partial charge in [0.05, 0.1) is 11.8 Å². The highest BCUT2D eigenvalue weighted by Crippen LogP contribution is 2.44. The molecule has 0 spiro atoms. The molecule has 0 radical (unpaired) electrons. The molecule has 0 saturated heterocycles. The molecule has 0 aliphatic heterocycles. The van der Waals surface area contributed by atoms with Crippen LogP contribution in [0.3, 0.4) is 0 Å². The summed E-state index contributed by atoms with van der Waals surface area (Å²) in [6.45, 7) is 7.51. The second-order valence-corrected chi connectivity index (χ2v) is 6.00. The average Bonchev–Trinajstić information content (AvgIpc) is 2.51. The third-order valence-electron chi connectivity index (χ3n) is 4.96. The van der Waals surface area contributed by atoms with Gasteiger partial charge in [-0.2, -0.15) is 0 Å². The van der Waals surface area contributed by atoms with Gasteiger partial charge < -0.3 is 15.3 Å². The number of hydrogen-bond acceptors (Lipinski definition) is 3. The zero-order valence-corrected chi connectivity index (χ0v) is 12.9. The molecular weight excluding hydrogens is 268 g/mol. The molecule has 0 aromatic carbocycles. The van der Waals surface area contributed by atoms with Crippen LogP contribution in [-0.2, 0) is 9.59 Å². The highest BCUT2D eigenvalue weighted by atomic mass is 16.4. The standard InChI is InChI=1S/C16H26N2O3/c1-3-18(4-2)10-9-17-15(19)13-11-5-7-12(8-6-11)14(13)16(20)21/h5,7,11-14H,3-4,6,8-10H2,1-2H3,(H,17,19)(H,20,21). The van der Waals surface area contributed by atoms with Crippen molar-refractivity contribution in [1.82, 2.24) is 10.2 Å². The Kier molecular flexibility index (Phi) is 5.39. The molecular formula is C16H26N2O3. The number of rotatable bonds is 7. The molecule has 0 heterocycles. The Morgan fingerprint density at radius 1 is 1.14 bits per heavy atom. The molecule has 2 bridgehead atoms. The van der Waals surface area contributed by atoms with Crippen LogP contribution in [0.15, 0.2) is 12.2 Å².